The van der Waals surface area contributed by atoms with E-state index in [0.717, 1.165) is 24.1 Å². The van der Waals surface area contributed by atoms with Gasteiger partial charge < -0.3 is 10.2 Å². The number of fused-ring (bicyclic) bond motifs is 1. The maximum atomic E-state index is 12.4. The Morgan fingerprint density at radius 1 is 1.38 bits per heavy atom. The molecule has 1 aliphatic carbocycles. The van der Waals surface area contributed by atoms with Crippen LogP contribution in [-0.4, -0.2) is 28.6 Å². The van der Waals surface area contributed by atoms with Gasteiger partial charge in [-0.1, -0.05) is 0 Å². The van der Waals surface area contributed by atoms with E-state index < -0.39 is 0 Å². The minimum Gasteiger partial charge on any atom is -0.322 e. The molecule has 0 atom stereocenters. The van der Waals surface area contributed by atoms with Crippen LogP contribution in [0.5, 0.6) is 0 Å². The summed E-state index contributed by atoms with van der Waals surface area (Å²) in [4.78, 5) is 26.4. The molecule has 2 aliphatic rings. The van der Waals surface area contributed by atoms with E-state index in [9.17, 15) is 9.59 Å². The third-order valence-electron chi connectivity index (χ3n) is 5.20. The topological polar surface area (TPSA) is 102 Å². The van der Waals surface area contributed by atoms with Crippen LogP contribution in [0.3, 0.4) is 0 Å². The van der Waals surface area contributed by atoms with Crippen LogP contribution in [0.2, 0.25) is 0 Å². The van der Waals surface area contributed by atoms with Crippen molar-refractivity contribution < 1.29 is 9.59 Å². The van der Waals surface area contributed by atoms with Crippen molar-refractivity contribution in [2.45, 2.75) is 32.1 Å². The molecule has 2 heterocycles. The summed E-state index contributed by atoms with van der Waals surface area (Å²) in [5.41, 5.74) is 3.07. The highest BCUT2D eigenvalue weighted by Gasteiger charge is 2.45. The van der Waals surface area contributed by atoms with Gasteiger partial charge >= 0.3 is 0 Å². The first-order valence-corrected chi connectivity index (χ1v) is 8.71. The third kappa shape index (κ3) is 3.06. The maximum absolute atomic E-state index is 12.4. The summed E-state index contributed by atoms with van der Waals surface area (Å²) >= 11 is 0. The van der Waals surface area contributed by atoms with Crippen LogP contribution in [0.1, 0.15) is 41.6 Å². The van der Waals surface area contributed by atoms with Crippen molar-refractivity contribution in [3.05, 3.63) is 41.7 Å². The van der Waals surface area contributed by atoms with Crippen LogP contribution in [0.15, 0.2) is 30.6 Å². The number of aryl methyl sites for hydroxylation is 1. The van der Waals surface area contributed by atoms with Crippen LogP contribution < -0.4 is 10.2 Å². The number of nitriles is 1. The molecule has 0 unspecified atom stereocenters. The Kier molecular flexibility index (Phi) is 3.96. The predicted octanol–water partition coefficient (Wildman–Crippen LogP) is 2.64. The number of benzene rings is 1. The molecule has 0 spiro atoms. The molecular weight excluding hydrogens is 330 g/mol. The standard InChI is InChI=1S/C19H19N5O2/c20-8-7-19(5-6-19)12-24-16-3-2-15(9-13(16)1-4-17(24)25)23-18(26)14-10-21-22-11-14/h2-3,9-11H,1,4-7,12H2,(H,21,22)(H,23,26). The third-order valence-corrected chi connectivity index (χ3v) is 5.20. The molecule has 1 aromatic heterocycles. The number of H-pyrrole nitrogens is 1. The lowest BCUT2D eigenvalue weighted by Gasteiger charge is -2.32. The van der Waals surface area contributed by atoms with Crippen molar-refractivity contribution in [3.8, 4) is 6.07 Å². The Hall–Kier alpha value is -3.14. The van der Waals surface area contributed by atoms with E-state index in [-0.39, 0.29) is 17.2 Å². The van der Waals surface area contributed by atoms with Gasteiger partial charge in [-0.25, -0.2) is 0 Å². The van der Waals surface area contributed by atoms with E-state index in [4.69, 9.17) is 5.26 Å². The Balaban J connectivity index is 1.55. The summed E-state index contributed by atoms with van der Waals surface area (Å²) in [6.45, 7) is 0.604. The molecule has 0 bridgehead atoms. The van der Waals surface area contributed by atoms with Gasteiger partial charge in [-0.05, 0) is 43.0 Å². The fourth-order valence-corrected chi connectivity index (χ4v) is 3.46. The monoisotopic (exact) mass is 349 g/mol. The summed E-state index contributed by atoms with van der Waals surface area (Å²) in [5.74, 6) is -0.120. The minimum atomic E-state index is -0.228. The van der Waals surface area contributed by atoms with Crippen molar-refractivity contribution in [1.82, 2.24) is 10.2 Å². The zero-order chi connectivity index (χ0) is 18.1. The molecular formula is C19H19N5O2. The second-order valence-corrected chi connectivity index (χ2v) is 7.10. The molecule has 1 aliphatic heterocycles. The molecule has 4 rings (SSSR count). The molecule has 7 heteroatoms. The second-order valence-electron chi connectivity index (χ2n) is 7.10. The predicted molar refractivity (Wildman–Crippen MR) is 95.6 cm³/mol. The smallest absolute Gasteiger partial charge is 0.258 e. The largest absolute Gasteiger partial charge is 0.322 e. The Bertz CT molecular complexity index is 893. The number of rotatable bonds is 5. The van der Waals surface area contributed by atoms with Gasteiger partial charge in [0.05, 0.1) is 17.8 Å². The van der Waals surface area contributed by atoms with Gasteiger partial charge in [0.15, 0.2) is 0 Å². The molecule has 0 radical (unpaired) electrons. The summed E-state index contributed by atoms with van der Waals surface area (Å²) in [6, 6.07) is 7.88. The number of aromatic amines is 1. The van der Waals surface area contributed by atoms with E-state index in [2.05, 4.69) is 21.6 Å². The Morgan fingerprint density at radius 2 is 2.23 bits per heavy atom. The van der Waals surface area contributed by atoms with Crippen molar-refractivity contribution >= 4 is 23.2 Å². The number of hydrogen-bond acceptors (Lipinski definition) is 4. The molecule has 1 fully saturated rings. The average molecular weight is 349 g/mol. The van der Waals surface area contributed by atoms with Crippen molar-refractivity contribution in [2.75, 3.05) is 16.8 Å². The fourth-order valence-electron chi connectivity index (χ4n) is 3.46. The summed E-state index contributed by atoms with van der Waals surface area (Å²) in [7, 11) is 0. The molecule has 7 nitrogen and oxygen atoms in total. The van der Waals surface area contributed by atoms with E-state index in [1.165, 1.54) is 6.20 Å². The number of anilines is 2. The Morgan fingerprint density at radius 3 is 2.92 bits per heavy atom. The first-order valence-electron chi connectivity index (χ1n) is 8.71. The summed E-state index contributed by atoms with van der Waals surface area (Å²) in [5, 5.41) is 18.3. The van der Waals surface area contributed by atoms with Crippen LogP contribution in [0.25, 0.3) is 0 Å². The van der Waals surface area contributed by atoms with Gasteiger partial charge in [-0.15, -0.1) is 0 Å². The molecule has 1 saturated carbocycles. The molecule has 2 N–H and O–H groups in total. The molecule has 26 heavy (non-hydrogen) atoms. The second kappa shape index (κ2) is 6.30. The molecule has 0 saturated heterocycles. The highest BCUT2D eigenvalue weighted by Crippen LogP contribution is 2.50. The van der Waals surface area contributed by atoms with Gasteiger partial charge in [0.1, 0.15) is 0 Å². The van der Waals surface area contributed by atoms with Crippen molar-refractivity contribution in [1.29, 1.82) is 5.26 Å². The number of nitrogens with zero attached hydrogens (tertiary/aromatic N) is 3. The van der Waals surface area contributed by atoms with Crippen LogP contribution in [0, 0.1) is 16.7 Å². The van der Waals surface area contributed by atoms with Crippen LogP contribution >= 0.6 is 0 Å². The van der Waals surface area contributed by atoms with Crippen LogP contribution in [-0.2, 0) is 11.2 Å². The number of carbonyl (C=O) groups is 2. The van der Waals surface area contributed by atoms with E-state index >= 15 is 0 Å². The van der Waals surface area contributed by atoms with Crippen molar-refractivity contribution in [2.24, 2.45) is 5.41 Å². The average Bonchev–Trinajstić information content (AvgIpc) is 3.17. The van der Waals surface area contributed by atoms with Gasteiger partial charge in [-0.3, -0.25) is 14.7 Å². The van der Waals surface area contributed by atoms with Gasteiger partial charge in [-0.2, -0.15) is 10.4 Å². The molecule has 2 aromatic rings. The quantitative estimate of drug-likeness (QED) is 0.866. The fraction of sp³-hybridized carbons (Fsp3) is 0.368. The molecule has 132 valence electrons. The molecule has 2 amide bonds. The number of nitrogens with one attached hydrogen (secondary N) is 2. The lowest BCUT2D eigenvalue weighted by Crippen LogP contribution is -2.39. The van der Waals surface area contributed by atoms with Gasteiger partial charge in [0.2, 0.25) is 5.91 Å². The van der Waals surface area contributed by atoms with Crippen molar-refractivity contribution in [3.63, 3.8) is 0 Å². The number of aromatic nitrogens is 2. The number of carbonyl (C=O) groups excluding carboxylic acids is 2. The summed E-state index contributed by atoms with van der Waals surface area (Å²) in [6.07, 6.45) is 6.61. The van der Waals surface area contributed by atoms with E-state index in [1.807, 2.05) is 23.1 Å². The number of amides is 2. The van der Waals surface area contributed by atoms with E-state index in [0.29, 0.717) is 37.1 Å². The first-order chi connectivity index (χ1) is 12.6. The van der Waals surface area contributed by atoms with E-state index in [1.54, 1.807) is 6.20 Å². The normalized spacial score (nSPS) is 17.3. The zero-order valence-corrected chi connectivity index (χ0v) is 14.3. The van der Waals surface area contributed by atoms with Crippen LogP contribution in [0.4, 0.5) is 11.4 Å². The minimum absolute atomic E-state index is 0.0345. The SMILES string of the molecule is N#CCC1(CN2C(=O)CCc3cc(NC(=O)c4cn[nH]c4)ccc32)CC1. The van der Waals surface area contributed by atoms with Gasteiger partial charge in [0, 0.05) is 42.4 Å². The molecule has 1 aromatic carbocycles. The lowest BCUT2D eigenvalue weighted by atomic mass is 9.96. The maximum Gasteiger partial charge on any atom is 0.258 e. The Labute approximate surface area is 151 Å². The number of hydrogen-bond donors (Lipinski definition) is 2. The zero-order valence-electron chi connectivity index (χ0n) is 14.3. The first kappa shape index (κ1) is 16.3. The highest BCUT2D eigenvalue weighted by molar-refractivity contribution is 6.04. The lowest BCUT2D eigenvalue weighted by molar-refractivity contribution is -0.119. The van der Waals surface area contributed by atoms with Gasteiger partial charge in [0.25, 0.3) is 5.91 Å². The summed E-state index contributed by atoms with van der Waals surface area (Å²) < 4.78 is 0. The highest BCUT2D eigenvalue weighted by atomic mass is 16.2.